The highest BCUT2D eigenvalue weighted by atomic mass is 19.4. The van der Waals surface area contributed by atoms with E-state index in [0.717, 1.165) is 0 Å². The second kappa shape index (κ2) is 5.76. The summed E-state index contributed by atoms with van der Waals surface area (Å²) in [5.41, 5.74) is 1.89. The first kappa shape index (κ1) is 17.0. The SMILES string of the molecule is NCc1cc(C(F)(F)F)nc(CC(=O)O)c1OC(F)(F)F. The average Bonchev–Trinajstić information content (AvgIpc) is 2.27. The number of rotatable bonds is 4. The Morgan fingerprint density at radius 3 is 2.24 bits per heavy atom. The number of aliphatic carboxylic acids is 1. The molecule has 0 aliphatic rings. The van der Waals surface area contributed by atoms with Crippen LogP contribution < -0.4 is 10.5 Å². The zero-order valence-corrected chi connectivity index (χ0v) is 10.0. The molecule has 0 saturated carbocycles. The van der Waals surface area contributed by atoms with Crippen molar-refractivity contribution in [3.63, 3.8) is 0 Å². The van der Waals surface area contributed by atoms with Crippen molar-refractivity contribution in [2.75, 3.05) is 0 Å². The van der Waals surface area contributed by atoms with Crippen molar-refractivity contribution in [3.05, 3.63) is 23.0 Å². The normalized spacial score (nSPS) is 12.3. The quantitative estimate of drug-likeness (QED) is 0.830. The zero-order valence-electron chi connectivity index (χ0n) is 10.0. The molecule has 0 aromatic carbocycles. The van der Waals surface area contributed by atoms with Crippen molar-refractivity contribution in [1.29, 1.82) is 0 Å². The summed E-state index contributed by atoms with van der Waals surface area (Å²) in [6.07, 6.45) is -11.4. The Balaban J connectivity index is 3.47. The number of aromatic nitrogens is 1. The lowest BCUT2D eigenvalue weighted by Crippen LogP contribution is -2.22. The van der Waals surface area contributed by atoms with Gasteiger partial charge in [0, 0.05) is 12.1 Å². The lowest BCUT2D eigenvalue weighted by atomic mass is 10.1. The summed E-state index contributed by atoms with van der Waals surface area (Å²) in [5, 5.41) is 8.56. The van der Waals surface area contributed by atoms with Gasteiger partial charge < -0.3 is 15.6 Å². The zero-order chi connectivity index (χ0) is 16.4. The third-order valence-electron chi connectivity index (χ3n) is 2.17. The van der Waals surface area contributed by atoms with Crippen molar-refractivity contribution in [2.24, 2.45) is 5.73 Å². The number of nitrogens with two attached hydrogens (primary N) is 1. The molecule has 0 saturated heterocycles. The molecule has 1 heterocycles. The van der Waals surface area contributed by atoms with E-state index in [1.807, 2.05) is 0 Å². The van der Waals surface area contributed by atoms with Crippen LogP contribution in [-0.4, -0.2) is 22.4 Å². The minimum absolute atomic E-state index is 0.284. The number of ether oxygens (including phenoxy) is 1. The first-order valence-corrected chi connectivity index (χ1v) is 5.21. The van der Waals surface area contributed by atoms with Crippen LogP contribution in [0.4, 0.5) is 26.3 Å². The Bertz CT molecular complexity index is 541. The van der Waals surface area contributed by atoms with Gasteiger partial charge in [-0.1, -0.05) is 0 Å². The molecular formula is C10H8F6N2O3. The molecule has 3 N–H and O–H groups in total. The summed E-state index contributed by atoms with van der Waals surface area (Å²) < 4.78 is 78.0. The van der Waals surface area contributed by atoms with Crippen LogP contribution in [0.2, 0.25) is 0 Å². The molecule has 1 rings (SSSR count). The predicted molar refractivity (Wildman–Crippen MR) is 55.2 cm³/mol. The summed E-state index contributed by atoms with van der Waals surface area (Å²) >= 11 is 0. The number of nitrogens with zero attached hydrogens (tertiary/aromatic N) is 1. The van der Waals surface area contributed by atoms with E-state index in [0.29, 0.717) is 0 Å². The van der Waals surface area contributed by atoms with E-state index >= 15 is 0 Å². The summed E-state index contributed by atoms with van der Waals surface area (Å²) in [6, 6.07) is 0.284. The molecular weight excluding hydrogens is 310 g/mol. The van der Waals surface area contributed by atoms with Gasteiger partial charge in [-0.15, -0.1) is 13.2 Å². The lowest BCUT2D eigenvalue weighted by molar-refractivity contribution is -0.275. The smallest absolute Gasteiger partial charge is 0.481 e. The minimum Gasteiger partial charge on any atom is -0.481 e. The largest absolute Gasteiger partial charge is 0.573 e. The number of carbonyl (C=O) groups is 1. The van der Waals surface area contributed by atoms with E-state index in [-0.39, 0.29) is 6.07 Å². The monoisotopic (exact) mass is 318 g/mol. The molecule has 0 fully saturated rings. The first-order chi connectivity index (χ1) is 9.44. The molecule has 118 valence electrons. The minimum atomic E-state index is -5.22. The van der Waals surface area contributed by atoms with Crippen molar-refractivity contribution >= 4 is 5.97 Å². The third-order valence-corrected chi connectivity index (χ3v) is 2.17. The van der Waals surface area contributed by atoms with Gasteiger partial charge in [-0.2, -0.15) is 13.2 Å². The van der Waals surface area contributed by atoms with E-state index in [2.05, 4.69) is 9.72 Å². The Morgan fingerprint density at radius 1 is 1.29 bits per heavy atom. The average molecular weight is 318 g/mol. The summed E-state index contributed by atoms with van der Waals surface area (Å²) in [7, 11) is 0. The van der Waals surface area contributed by atoms with Crippen molar-refractivity contribution in [2.45, 2.75) is 25.5 Å². The number of hydrogen-bond donors (Lipinski definition) is 2. The van der Waals surface area contributed by atoms with Gasteiger partial charge in [0.1, 0.15) is 5.69 Å². The van der Waals surface area contributed by atoms with Gasteiger partial charge in [-0.25, -0.2) is 4.98 Å². The van der Waals surface area contributed by atoms with E-state index in [1.54, 1.807) is 0 Å². The fraction of sp³-hybridized carbons (Fsp3) is 0.400. The Morgan fingerprint density at radius 2 is 1.86 bits per heavy atom. The second-order valence-electron chi connectivity index (χ2n) is 3.76. The molecule has 0 spiro atoms. The van der Waals surface area contributed by atoms with Crippen molar-refractivity contribution in [3.8, 4) is 5.75 Å². The van der Waals surface area contributed by atoms with Crippen LogP contribution in [0.15, 0.2) is 6.07 Å². The summed E-state index contributed by atoms with van der Waals surface area (Å²) in [4.78, 5) is 13.4. The molecule has 0 aliphatic carbocycles. The van der Waals surface area contributed by atoms with Gasteiger partial charge in [0.25, 0.3) is 0 Å². The molecule has 0 atom stereocenters. The standard InChI is InChI=1S/C10H8F6N2O3/c11-9(12,13)6-1-4(3-17)8(21-10(14,15)16)5(18-6)2-7(19)20/h1H,2-3,17H2,(H,19,20). The van der Waals surface area contributed by atoms with Gasteiger partial charge in [-0.05, 0) is 6.07 Å². The van der Waals surface area contributed by atoms with Crippen LogP contribution in [0.5, 0.6) is 5.75 Å². The van der Waals surface area contributed by atoms with Crippen LogP contribution in [0.25, 0.3) is 0 Å². The summed E-state index contributed by atoms with van der Waals surface area (Å²) in [6.45, 7) is -0.719. The highest BCUT2D eigenvalue weighted by Crippen LogP contribution is 2.35. The molecule has 5 nitrogen and oxygen atoms in total. The third kappa shape index (κ3) is 4.77. The number of carboxylic acid groups (broad SMARTS) is 1. The lowest BCUT2D eigenvalue weighted by Gasteiger charge is -2.17. The van der Waals surface area contributed by atoms with E-state index in [9.17, 15) is 31.1 Å². The number of alkyl halides is 6. The van der Waals surface area contributed by atoms with Gasteiger partial charge in [0.05, 0.1) is 12.1 Å². The Hall–Kier alpha value is -2.04. The molecule has 0 aliphatic heterocycles. The maximum Gasteiger partial charge on any atom is 0.573 e. The topological polar surface area (TPSA) is 85.4 Å². The molecule has 0 unspecified atom stereocenters. The number of hydrogen-bond acceptors (Lipinski definition) is 4. The van der Waals surface area contributed by atoms with Crippen LogP contribution in [-0.2, 0) is 23.9 Å². The van der Waals surface area contributed by atoms with Crippen molar-refractivity contribution in [1.82, 2.24) is 4.98 Å². The maximum atomic E-state index is 12.6. The molecule has 0 radical (unpaired) electrons. The van der Waals surface area contributed by atoms with Crippen LogP contribution in [0.3, 0.4) is 0 Å². The first-order valence-electron chi connectivity index (χ1n) is 5.21. The summed E-state index contributed by atoms with van der Waals surface area (Å²) in [5.74, 6) is -2.79. The van der Waals surface area contributed by atoms with E-state index < -0.39 is 54.2 Å². The fourth-order valence-corrected chi connectivity index (χ4v) is 1.44. The Labute approximate surface area is 113 Å². The molecule has 1 aromatic rings. The molecule has 11 heteroatoms. The van der Waals surface area contributed by atoms with Crippen LogP contribution >= 0.6 is 0 Å². The highest BCUT2D eigenvalue weighted by Gasteiger charge is 2.38. The molecule has 1 aromatic heterocycles. The second-order valence-corrected chi connectivity index (χ2v) is 3.76. The van der Waals surface area contributed by atoms with Crippen molar-refractivity contribution < 1.29 is 41.0 Å². The fourth-order valence-electron chi connectivity index (χ4n) is 1.44. The van der Waals surface area contributed by atoms with Gasteiger partial charge in [-0.3, -0.25) is 4.79 Å². The molecule has 21 heavy (non-hydrogen) atoms. The van der Waals surface area contributed by atoms with Gasteiger partial charge in [0.15, 0.2) is 5.75 Å². The van der Waals surface area contributed by atoms with Gasteiger partial charge in [0.2, 0.25) is 0 Å². The van der Waals surface area contributed by atoms with Crippen LogP contribution in [0.1, 0.15) is 17.0 Å². The van der Waals surface area contributed by atoms with E-state index in [1.165, 1.54) is 0 Å². The number of carboxylic acids is 1. The maximum absolute atomic E-state index is 12.6. The number of pyridine rings is 1. The molecule has 0 bridgehead atoms. The van der Waals surface area contributed by atoms with Gasteiger partial charge >= 0.3 is 18.5 Å². The predicted octanol–water partition coefficient (Wildman–Crippen LogP) is 2.08. The van der Waals surface area contributed by atoms with E-state index in [4.69, 9.17) is 10.8 Å². The Kier molecular flexibility index (Phi) is 4.66. The molecule has 0 amide bonds. The van der Waals surface area contributed by atoms with Crippen LogP contribution in [0, 0.1) is 0 Å². The highest BCUT2D eigenvalue weighted by molar-refractivity contribution is 5.71. The number of halogens is 6.